The molecule has 134 valence electrons. The van der Waals surface area contributed by atoms with Gasteiger partial charge < -0.3 is 19.1 Å². The van der Waals surface area contributed by atoms with Gasteiger partial charge in [0.2, 0.25) is 17.6 Å². The van der Waals surface area contributed by atoms with Crippen LogP contribution < -0.4 is 0 Å². The number of aryl methyl sites for hydroxylation is 1. The van der Waals surface area contributed by atoms with Crippen molar-refractivity contribution >= 4 is 23.3 Å². The number of nitrogens with zero attached hydrogens (tertiary/aromatic N) is 4. The average molecular weight is 364 g/mol. The number of methoxy groups -OCH3 is 1. The van der Waals surface area contributed by atoms with Gasteiger partial charge in [0.1, 0.15) is 0 Å². The molecule has 1 saturated heterocycles. The predicted molar refractivity (Wildman–Crippen MR) is 91.1 cm³/mol. The SMILES string of the molecule is COC(=O)N1CCCN(C(=O)CCc2nc(-c3ccsc3)no2)CC1. The molecule has 0 aromatic carbocycles. The van der Waals surface area contributed by atoms with Gasteiger partial charge in [-0.05, 0) is 17.9 Å². The highest BCUT2D eigenvalue weighted by Crippen LogP contribution is 2.19. The Hall–Kier alpha value is -2.42. The molecule has 3 rings (SSSR count). The number of carbonyl (C=O) groups excluding carboxylic acids is 2. The second-order valence-electron chi connectivity index (χ2n) is 5.72. The first-order valence-corrected chi connectivity index (χ1v) is 9.07. The summed E-state index contributed by atoms with van der Waals surface area (Å²) in [4.78, 5) is 31.7. The molecule has 1 aliphatic rings. The number of aromatic nitrogens is 2. The molecular formula is C16H20N4O4S. The monoisotopic (exact) mass is 364 g/mol. The van der Waals surface area contributed by atoms with Crippen molar-refractivity contribution in [2.45, 2.75) is 19.3 Å². The molecule has 0 radical (unpaired) electrons. The number of amides is 2. The number of carbonyl (C=O) groups is 2. The van der Waals surface area contributed by atoms with Gasteiger partial charge in [-0.1, -0.05) is 5.16 Å². The molecule has 0 atom stereocenters. The van der Waals surface area contributed by atoms with Gasteiger partial charge in [-0.2, -0.15) is 16.3 Å². The molecule has 0 spiro atoms. The Bertz CT molecular complexity index is 716. The number of thiophene rings is 1. The highest BCUT2D eigenvalue weighted by molar-refractivity contribution is 7.08. The molecule has 9 heteroatoms. The van der Waals surface area contributed by atoms with E-state index < -0.39 is 0 Å². The summed E-state index contributed by atoms with van der Waals surface area (Å²) in [5.74, 6) is 1.04. The normalized spacial score (nSPS) is 15.1. The standard InChI is InChI=1S/C16H20N4O4S/c1-23-16(22)20-7-2-6-19(8-9-20)14(21)4-3-13-17-15(18-24-13)12-5-10-25-11-12/h5,10-11H,2-4,6-9H2,1H3. The van der Waals surface area contributed by atoms with E-state index in [1.54, 1.807) is 21.1 Å². The molecule has 0 aliphatic carbocycles. The van der Waals surface area contributed by atoms with Crippen LogP contribution in [0.5, 0.6) is 0 Å². The van der Waals surface area contributed by atoms with Crippen LogP contribution >= 0.6 is 11.3 Å². The lowest BCUT2D eigenvalue weighted by molar-refractivity contribution is -0.131. The third kappa shape index (κ3) is 4.36. The maximum absolute atomic E-state index is 12.4. The Balaban J connectivity index is 1.50. The van der Waals surface area contributed by atoms with Crippen LogP contribution in [0.3, 0.4) is 0 Å². The van der Waals surface area contributed by atoms with Crippen LogP contribution in [0.2, 0.25) is 0 Å². The number of hydrogen-bond acceptors (Lipinski definition) is 7. The van der Waals surface area contributed by atoms with Crippen LogP contribution in [0.4, 0.5) is 4.79 Å². The zero-order valence-corrected chi connectivity index (χ0v) is 14.8. The lowest BCUT2D eigenvalue weighted by Crippen LogP contribution is -2.37. The minimum atomic E-state index is -0.346. The zero-order valence-electron chi connectivity index (χ0n) is 14.0. The van der Waals surface area contributed by atoms with E-state index in [0.29, 0.717) is 50.7 Å². The Morgan fingerprint density at radius 3 is 2.84 bits per heavy atom. The fraction of sp³-hybridized carbons (Fsp3) is 0.500. The van der Waals surface area contributed by atoms with Gasteiger partial charge in [-0.25, -0.2) is 4.79 Å². The molecule has 0 unspecified atom stereocenters. The van der Waals surface area contributed by atoms with Crippen LogP contribution in [0.15, 0.2) is 21.3 Å². The van der Waals surface area contributed by atoms with E-state index in [-0.39, 0.29) is 12.0 Å². The summed E-state index contributed by atoms with van der Waals surface area (Å²) in [6.45, 7) is 2.24. The summed E-state index contributed by atoms with van der Waals surface area (Å²) >= 11 is 1.57. The summed E-state index contributed by atoms with van der Waals surface area (Å²) in [6.07, 6.45) is 1.11. The van der Waals surface area contributed by atoms with Gasteiger partial charge in [0.05, 0.1) is 7.11 Å². The lowest BCUT2D eigenvalue weighted by atomic mass is 10.2. The van der Waals surface area contributed by atoms with Gasteiger partial charge >= 0.3 is 6.09 Å². The highest BCUT2D eigenvalue weighted by Gasteiger charge is 2.22. The molecule has 0 saturated carbocycles. The largest absolute Gasteiger partial charge is 0.453 e. The van der Waals surface area contributed by atoms with E-state index in [2.05, 4.69) is 10.1 Å². The topological polar surface area (TPSA) is 88.8 Å². The second-order valence-corrected chi connectivity index (χ2v) is 6.50. The van der Waals surface area contributed by atoms with Crippen molar-refractivity contribution in [2.24, 2.45) is 0 Å². The van der Waals surface area contributed by atoms with Crippen molar-refractivity contribution in [2.75, 3.05) is 33.3 Å². The van der Waals surface area contributed by atoms with Crippen molar-refractivity contribution in [3.63, 3.8) is 0 Å². The van der Waals surface area contributed by atoms with E-state index in [0.717, 1.165) is 12.0 Å². The van der Waals surface area contributed by atoms with Gasteiger partial charge in [0.25, 0.3) is 0 Å². The van der Waals surface area contributed by atoms with Crippen molar-refractivity contribution in [1.82, 2.24) is 19.9 Å². The molecule has 2 aromatic heterocycles. The number of ether oxygens (including phenoxy) is 1. The second kappa shape index (κ2) is 8.11. The summed E-state index contributed by atoms with van der Waals surface area (Å²) < 4.78 is 9.95. The van der Waals surface area contributed by atoms with E-state index in [1.807, 2.05) is 16.8 Å². The molecule has 0 N–H and O–H groups in total. The van der Waals surface area contributed by atoms with Gasteiger partial charge in [0.15, 0.2) is 0 Å². The van der Waals surface area contributed by atoms with E-state index in [4.69, 9.17) is 9.26 Å². The fourth-order valence-corrected chi connectivity index (χ4v) is 3.35. The maximum Gasteiger partial charge on any atom is 0.409 e. The third-order valence-corrected chi connectivity index (χ3v) is 4.76. The van der Waals surface area contributed by atoms with Crippen molar-refractivity contribution in [1.29, 1.82) is 0 Å². The third-order valence-electron chi connectivity index (χ3n) is 4.08. The van der Waals surface area contributed by atoms with E-state index in [9.17, 15) is 9.59 Å². The lowest BCUT2D eigenvalue weighted by Gasteiger charge is -2.21. The molecule has 2 aromatic rings. The summed E-state index contributed by atoms with van der Waals surface area (Å²) in [5.41, 5.74) is 0.918. The molecule has 2 amide bonds. The number of hydrogen-bond donors (Lipinski definition) is 0. The molecule has 25 heavy (non-hydrogen) atoms. The molecular weight excluding hydrogens is 344 g/mol. The average Bonchev–Trinajstić information content (AvgIpc) is 3.26. The van der Waals surface area contributed by atoms with Crippen LogP contribution in [0, 0.1) is 0 Å². The Morgan fingerprint density at radius 2 is 2.08 bits per heavy atom. The van der Waals surface area contributed by atoms with Crippen LogP contribution in [0.25, 0.3) is 11.4 Å². The molecule has 1 fully saturated rings. The van der Waals surface area contributed by atoms with E-state index >= 15 is 0 Å². The van der Waals surface area contributed by atoms with Crippen molar-refractivity contribution in [3.05, 3.63) is 22.7 Å². The van der Waals surface area contributed by atoms with E-state index in [1.165, 1.54) is 7.11 Å². The molecule has 0 bridgehead atoms. The fourth-order valence-electron chi connectivity index (χ4n) is 2.72. The van der Waals surface area contributed by atoms with Crippen LogP contribution in [-0.4, -0.2) is 65.2 Å². The molecule has 3 heterocycles. The summed E-state index contributed by atoms with van der Waals surface area (Å²) in [6, 6.07) is 1.93. The molecule has 8 nitrogen and oxygen atoms in total. The van der Waals surface area contributed by atoms with Gasteiger partial charge in [0, 0.05) is 50.0 Å². The van der Waals surface area contributed by atoms with Crippen molar-refractivity contribution < 1.29 is 18.8 Å². The Labute approximate surface area is 149 Å². The quantitative estimate of drug-likeness (QED) is 0.825. The molecule has 1 aliphatic heterocycles. The maximum atomic E-state index is 12.4. The number of rotatable bonds is 4. The zero-order chi connectivity index (χ0) is 17.6. The minimum absolute atomic E-state index is 0.0296. The summed E-state index contributed by atoms with van der Waals surface area (Å²) in [5, 5.41) is 7.84. The smallest absolute Gasteiger partial charge is 0.409 e. The van der Waals surface area contributed by atoms with Crippen molar-refractivity contribution in [3.8, 4) is 11.4 Å². The van der Waals surface area contributed by atoms with Crippen LogP contribution in [-0.2, 0) is 16.0 Å². The van der Waals surface area contributed by atoms with Gasteiger partial charge in [-0.15, -0.1) is 0 Å². The summed E-state index contributed by atoms with van der Waals surface area (Å²) in [7, 11) is 1.37. The Kier molecular flexibility index (Phi) is 5.64. The first-order chi connectivity index (χ1) is 12.2. The van der Waals surface area contributed by atoms with Gasteiger partial charge in [-0.3, -0.25) is 4.79 Å². The predicted octanol–water partition coefficient (Wildman–Crippen LogP) is 2.03. The first kappa shape index (κ1) is 17.4. The highest BCUT2D eigenvalue weighted by atomic mass is 32.1. The first-order valence-electron chi connectivity index (χ1n) is 8.13. The van der Waals surface area contributed by atoms with Crippen LogP contribution in [0.1, 0.15) is 18.7 Å². The Morgan fingerprint density at radius 1 is 1.28 bits per heavy atom. The minimum Gasteiger partial charge on any atom is -0.453 e.